The average Bonchev–Trinajstić information content (AvgIpc) is 2.90. The standard InChI is InChI=1S/C13H24N2O5S/c1-4-5-15(11-8-20-7-10(11)12(16)17)13(18)14-6-9(2)21(3)19/h9-11H,4-8H2,1-3H3,(H,14,18)(H,16,17). The van der Waals surface area contributed by atoms with E-state index in [2.05, 4.69) is 5.32 Å². The Morgan fingerprint density at radius 1 is 1.48 bits per heavy atom. The van der Waals surface area contributed by atoms with Gasteiger partial charge in [-0.3, -0.25) is 9.00 Å². The van der Waals surface area contributed by atoms with Crippen molar-refractivity contribution in [2.24, 2.45) is 5.92 Å². The molecule has 21 heavy (non-hydrogen) atoms. The van der Waals surface area contributed by atoms with Crippen molar-refractivity contribution < 1.29 is 23.6 Å². The summed E-state index contributed by atoms with van der Waals surface area (Å²) in [4.78, 5) is 25.0. The molecule has 0 aromatic carbocycles. The molecule has 0 saturated carbocycles. The quantitative estimate of drug-likeness (QED) is 0.702. The van der Waals surface area contributed by atoms with E-state index in [1.165, 1.54) is 4.90 Å². The van der Waals surface area contributed by atoms with Crippen LogP contribution in [0.4, 0.5) is 4.79 Å². The minimum absolute atomic E-state index is 0.128. The van der Waals surface area contributed by atoms with Gasteiger partial charge in [-0.2, -0.15) is 0 Å². The zero-order chi connectivity index (χ0) is 16.0. The fraction of sp³-hybridized carbons (Fsp3) is 0.846. The molecule has 4 atom stereocenters. The molecule has 1 aliphatic rings. The molecule has 4 unspecified atom stereocenters. The molecule has 0 bridgehead atoms. The van der Waals surface area contributed by atoms with Gasteiger partial charge in [0.1, 0.15) is 5.92 Å². The lowest BCUT2D eigenvalue weighted by atomic mass is 10.0. The third-order valence-electron chi connectivity index (χ3n) is 3.60. The number of aliphatic carboxylic acids is 1. The summed E-state index contributed by atoms with van der Waals surface area (Å²) in [7, 11) is -1.01. The summed E-state index contributed by atoms with van der Waals surface area (Å²) >= 11 is 0. The normalized spacial score (nSPS) is 24.3. The van der Waals surface area contributed by atoms with Crippen LogP contribution in [0.2, 0.25) is 0 Å². The zero-order valence-electron chi connectivity index (χ0n) is 12.7. The van der Waals surface area contributed by atoms with E-state index < -0.39 is 28.7 Å². The van der Waals surface area contributed by atoms with Gasteiger partial charge in [-0.15, -0.1) is 0 Å². The Labute approximate surface area is 127 Å². The Kier molecular flexibility index (Phi) is 7.10. The van der Waals surface area contributed by atoms with Crippen LogP contribution in [0.3, 0.4) is 0 Å². The Morgan fingerprint density at radius 2 is 2.14 bits per heavy atom. The van der Waals surface area contributed by atoms with Crippen molar-refractivity contribution >= 4 is 22.8 Å². The van der Waals surface area contributed by atoms with Crippen LogP contribution in [0, 0.1) is 5.92 Å². The monoisotopic (exact) mass is 320 g/mol. The van der Waals surface area contributed by atoms with Crippen molar-refractivity contribution in [2.75, 3.05) is 32.6 Å². The van der Waals surface area contributed by atoms with Crippen molar-refractivity contribution in [1.82, 2.24) is 10.2 Å². The Hall–Kier alpha value is -1.15. The van der Waals surface area contributed by atoms with Crippen LogP contribution in [0.25, 0.3) is 0 Å². The smallest absolute Gasteiger partial charge is 0.317 e. The van der Waals surface area contributed by atoms with Crippen LogP contribution in [-0.4, -0.2) is 70.1 Å². The molecule has 0 aromatic rings. The summed E-state index contributed by atoms with van der Waals surface area (Å²) in [6, 6.07) is -0.777. The van der Waals surface area contributed by atoms with Gasteiger partial charge in [-0.05, 0) is 13.3 Å². The molecular formula is C13H24N2O5S. The van der Waals surface area contributed by atoms with E-state index in [0.29, 0.717) is 13.1 Å². The second-order valence-corrected chi connectivity index (χ2v) is 7.04. The van der Waals surface area contributed by atoms with Crippen LogP contribution in [0.1, 0.15) is 20.3 Å². The lowest BCUT2D eigenvalue weighted by molar-refractivity contribution is -0.142. The molecule has 122 valence electrons. The number of rotatable bonds is 7. The third kappa shape index (κ3) is 4.96. The van der Waals surface area contributed by atoms with Gasteiger partial charge in [0, 0.05) is 35.4 Å². The van der Waals surface area contributed by atoms with Crippen LogP contribution < -0.4 is 5.32 Å². The molecule has 2 amide bonds. The number of nitrogens with one attached hydrogen (secondary N) is 1. The van der Waals surface area contributed by atoms with Crippen molar-refractivity contribution in [3.8, 4) is 0 Å². The molecule has 0 aromatic heterocycles. The topological polar surface area (TPSA) is 95.9 Å². The molecule has 0 spiro atoms. The largest absolute Gasteiger partial charge is 0.481 e. The van der Waals surface area contributed by atoms with Gasteiger partial charge in [-0.25, -0.2) is 4.79 Å². The number of urea groups is 1. The number of carbonyl (C=O) groups is 2. The van der Waals surface area contributed by atoms with Gasteiger partial charge >= 0.3 is 12.0 Å². The number of nitrogens with zero attached hydrogens (tertiary/aromatic N) is 1. The number of hydrogen-bond donors (Lipinski definition) is 2. The molecule has 1 saturated heterocycles. The zero-order valence-corrected chi connectivity index (χ0v) is 13.5. The highest BCUT2D eigenvalue weighted by atomic mass is 32.2. The number of ether oxygens (including phenoxy) is 1. The maximum absolute atomic E-state index is 12.3. The predicted molar refractivity (Wildman–Crippen MR) is 79.7 cm³/mol. The number of amides is 2. The minimum atomic E-state index is -1.01. The fourth-order valence-electron chi connectivity index (χ4n) is 2.19. The molecule has 7 nitrogen and oxygen atoms in total. The molecule has 1 aliphatic heterocycles. The molecule has 0 aliphatic carbocycles. The molecule has 0 radical (unpaired) electrons. The van der Waals surface area contributed by atoms with E-state index in [-0.39, 0.29) is 24.5 Å². The molecule has 1 heterocycles. The van der Waals surface area contributed by atoms with Crippen molar-refractivity contribution in [1.29, 1.82) is 0 Å². The number of hydrogen-bond acceptors (Lipinski definition) is 4. The number of carbonyl (C=O) groups excluding carboxylic acids is 1. The van der Waals surface area contributed by atoms with Gasteiger partial charge < -0.3 is 20.1 Å². The second-order valence-electron chi connectivity index (χ2n) is 5.24. The maximum Gasteiger partial charge on any atom is 0.317 e. The SMILES string of the molecule is CCCN(C(=O)NCC(C)S(C)=O)C1COCC1C(=O)O. The lowest BCUT2D eigenvalue weighted by Crippen LogP contribution is -2.52. The Morgan fingerprint density at radius 3 is 2.67 bits per heavy atom. The molecule has 2 N–H and O–H groups in total. The maximum atomic E-state index is 12.3. The third-order valence-corrected chi connectivity index (χ3v) is 4.90. The summed E-state index contributed by atoms with van der Waals surface area (Å²) in [5.74, 6) is -1.64. The highest BCUT2D eigenvalue weighted by Gasteiger charge is 2.39. The molecule has 1 rings (SSSR count). The summed E-state index contributed by atoms with van der Waals surface area (Å²) in [5, 5.41) is 11.8. The minimum Gasteiger partial charge on any atom is -0.481 e. The van der Waals surface area contributed by atoms with E-state index in [0.717, 1.165) is 6.42 Å². The number of carboxylic acids is 1. The Bertz CT molecular complexity index is 404. The van der Waals surface area contributed by atoms with E-state index in [9.17, 15) is 18.9 Å². The first-order valence-corrected chi connectivity index (χ1v) is 8.67. The average molecular weight is 320 g/mol. The van der Waals surface area contributed by atoms with Gasteiger partial charge in [0.15, 0.2) is 0 Å². The Balaban J connectivity index is 2.69. The van der Waals surface area contributed by atoms with Gasteiger partial charge in [-0.1, -0.05) is 6.92 Å². The van der Waals surface area contributed by atoms with Gasteiger partial charge in [0.2, 0.25) is 0 Å². The van der Waals surface area contributed by atoms with Crippen LogP contribution in [-0.2, 0) is 20.3 Å². The van der Waals surface area contributed by atoms with Crippen molar-refractivity contribution in [3.05, 3.63) is 0 Å². The van der Waals surface area contributed by atoms with E-state index in [4.69, 9.17) is 4.74 Å². The first-order valence-electron chi connectivity index (χ1n) is 7.05. The van der Waals surface area contributed by atoms with Crippen molar-refractivity contribution in [3.63, 3.8) is 0 Å². The summed E-state index contributed by atoms with van der Waals surface area (Å²) in [5.41, 5.74) is 0. The van der Waals surface area contributed by atoms with Gasteiger partial charge in [0.25, 0.3) is 0 Å². The molecular weight excluding hydrogens is 296 g/mol. The summed E-state index contributed by atoms with van der Waals surface area (Å²) < 4.78 is 16.5. The van der Waals surface area contributed by atoms with Gasteiger partial charge in [0.05, 0.1) is 19.3 Å². The van der Waals surface area contributed by atoms with E-state index in [1.807, 2.05) is 6.92 Å². The van der Waals surface area contributed by atoms with Crippen LogP contribution in [0.15, 0.2) is 0 Å². The predicted octanol–water partition coefficient (Wildman–Crippen LogP) is 0.275. The van der Waals surface area contributed by atoms with Crippen LogP contribution >= 0.6 is 0 Å². The highest BCUT2D eigenvalue weighted by molar-refractivity contribution is 7.84. The lowest BCUT2D eigenvalue weighted by Gasteiger charge is -2.30. The fourth-order valence-corrected chi connectivity index (χ4v) is 2.51. The highest BCUT2D eigenvalue weighted by Crippen LogP contribution is 2.20. The van der Waals surface area contributed by atoms with E-state index in [1.54, 1.807) is 13.2 Å². The second kappa shape index (κ2) is 8.33. The number of carboxylic acid groups (broad SMARTS) is 1. The molecule has 8 heteroatoms. The summed E-state index contributed by atoms with van der Waals surface area (Å²) in [6.45, 7) is 4.85. The molecule has 1 fully saturated rings. The van der Waals surface area contributed by atoms with Crippen LogP contribution in [0.5, 0.6) is 0 Å². The van der Waals surface area contributed by atoms with E-state index >= 15 is 0 Å². The first kappa shape index (κ1) is 17.9. The first-order chi connectivity index (χ1) is 9.88. The summed E-state index contributed by atoms with van der Waals surface area (Å²) in [6.07, 6.45) is 2.32. The van der Waals surface area contributed by atoms with Crippen molar-refractivity contribution in [2.45, 2.75) is 31.6 Å².